The van der Waals surface area contributed by atoms with Crippen LogP contribution >= 0.6 is 17.0 Å². The van der Waals surface area contributed by atoms with Crippen molar-refractivity contribution in [3.8, 4) is 0 Å². The molecule has 0 bridgehead atoms. The summed E-state index contributed by atoms with van der Waals surface area (Å²) in [5, 5.41) is 7.26. The zero-order valence-corrected chi connectivity index (χ0v) is 47.9. The van der Waals surface area contributed by atoms with Gasteiger partial charge in [-0.3, -0.25) is 0 Å². The van der Waals surface area contributed by atoms with E-state index >= 15 is 0 Å². The molecule has 2 aliphatic carbocycles. The van der Waals surface area contributed by atoms with Crippen LogP contribution in [0.4, 0.5) is 0 Å². The van der Waals surface area contributed by atoms with Crippen LogP contribution in [0.25, 0.3) is 12.2 Å². The van der Waals surface area contributed by atoms with Crippen LogP contribution in [0.3, 0.4) is 0 Å². The number of allylic oxidation sites excluding steroid dienone is 2. The molecule has 8 aromatic carbocycles. The molecule has 0 fully saturated rings. The maximum atomic E-state index is 7.81. The third-order valence-corrected chi connectivity index (χ3v) is 42.9. The Kier molecular flexibility index (Phi) is 13.8. The number of benzene rings is 8. The molecule has 2 atom stereocenters. The number of rotatable bonds is 13. The minimum absolute atomic E-state index is 0.0564. The fourth-order valence-corrected chi connectivity index (χ4v) is 37.8. The second kappa shape index (κ2) is 19.9. The molecule has 0 saturated carbocycles. The van der Waals surface area contributed by atoms with Gasteiger partial charge in [0.1, 0.15) is 0 Å². The molecule has 10 rings (SSSR count). The first-order valence-corrected chi connectivity index (χ1v) is 40.5. The van der Waals surface area contributed by atoms with E-state index in [9.17, 15) is 0 Å². The summed E-state index contributed by atoms with van der Waals surface area (Å²) in [5.41, 5.74) is 7.34. The average molecular weight is 1080 g/mol. The van der Waals surface area contributed by atoms with Crippen LogP contribution in [0.1, 0.15) is 86.8 Å². The Morgan fingerprint density at radius 3 is 0.957 bits per heavy atom. The van der Waals surface area contributed by atoms with Crippen molar-refractivity contribution in [2.24, 2.45) is 0 Å². The van der Waals surface area contributed by atoms with Crippen LogP contribution in [-0.4, -0.2) is 22.6 Å². The predicted octanol–water partition coefficient (Wildman–Crippen LogP) is 12.6. The van der Waals surface area contributed by atoms with Gasteiger partial charge in [0.05, 0.1) is 0 Å². The monoisotopic (exact) mass is 1080 g/mol. The van der Waals surface area contributed by atoms with Crippen molar-refractivity contribution in [3.05, 3.63) is 263 Å². The summed E-state index contributed by atoms with van der Waals surface area (Å²) in [4.78, 5) is 0. The zero-order chi connectivity index (χ0) is 48.7. The van der Waals surface area contributed by atoms with Crippen molar-refractivity contribution in [3.63, 3.8) is 0 Å². The third-order valence-electron chi connectivity index (χ3n) is 14.6. The van der Waals surface area contributed by atoms with Crippen LogP contribution in [0.5, 0.6) is 0 Å². The minimum atomic E-state index is -2.90. The molecule has 70 heavy (non-hydrogen) atoms. The molecule has 2 nitrogen and oxygen atoms in total. The Morgan fingerprint density at radius 1 is 0.386 bits per heavy atom. The SMILES string of the molecule is CC(C)(C)[Si](OC1=Cc2ccccc2C1c1ccc([SiH](c2ccc(C3C(O[Si](c4ccccc4)(c4ccccc4)C(C)(C)C)=Cc4ccccc43)cc2)[Zr]([Cl])[Cl])cc1)(c1ccccc1)c1ccccc1. The fourth-order valence-electron chi connectivity index (χ4n) is 11.3. The predicted molar refractivity (Wildman–Crippen MR) is 301 cm³/mol. The topological polar surface area (TPSA) is 18.5 Å². The van der Waals surface area contributed by atoms with Crippen LogP contribution < -0.4 is 31.1 Å². The molecule has 0 spiro atoms. The summed E-state index contributed by atoms with van der Waals surface area (Å²) in [6.45, 7) is 14.1. The van der Waals surface area contributed by atoms with E-state index < -0.39 is 41.1 Å². The van der Waals surface area contributed by atoms with Gasteiger partial charge in [-0.1, -0.05) is 24.3 Å². The first-order chi connectivity index (χ1) is 33.8. The molecule has 0 aliphatic heterocycles. The van der Waals surface area contributed by atoms with Crippen molar-refractivity contribution in [1.82, 2.24) is 0 Å². The molecule has 8 aromatic rings. The van der Waals surface area contributed by atoms with Gasteiger partial charge in [0.2, 0.25) is 0 Å². The quantitative estimate of drug-likeness (QED) is 0.107. The summed E-state index contributed by atoms with van der Waals surface area (Å²) in [7, 11) is 8.72. The van der Waals surface area contributed by atoms with E-state index in [2.05, 4.69) is 272 Å². The first kappa shape index (κ1) is 48.6. The Bertz CT molecular complexity index is 2860. The van der Waals surface area contributed by atoms with Crippen LogP contribution in [0.2, 0.25) is 10.1 Å². The molecule has 0 radical (unpaired) electrons. The molecule has 2 unspecified atom stereocenters. The number of fused-ring (bicyclic) bond motifs is 2. The van der Waals surface area contributed by atoms with Gasteiger partial charge in [-0.15, -0.1) is 0 Å². The van der Waals surface area contributed by atoms with Crippen molar-refractivity contribution in [1.29, 1.82) is 0 Å². The van der Waals surface area contributed by atoms with Gasteiger partial charge in [-0.25, -0.2) is 0 Å². The van der Waals surface area contributed by atoms with E-state index in [0.29, 0.717) is 0 Å². The van der Waals surface area contributed by atoms with Gasteiger partial charge < -0.3 is 0 Å². The normalized spacial score (nSPS) is 16.1. The van der Waals surface area contributed by atoms with E-state index in [-0.39, 0.29) is 21.9 Å². The summed E-state index contributed by atoms with van der Waals surface area (Å²) in [6.07, 6.45) is 4.58. The summed E-state index contributed by atoms with van der Waals surface area (Å²) < 4.78 is 15.6. The molecule has 349 valence electrons. The van der Waals surface area contributed by atoms with Crippen molar-refractivity contribution >= 4 is 82.9 Å². The molecular formula is C62H59Cl2O2Si3Zr. The van der Waals surface area contributed by atoms with Crippen LogP contribution in [0, 0.1) is 0 Å². The van der Waals surface area contributed by atoms with Crippen molar-refractivity contribution in [2.45, 2.75) is 63.5 Å². The molecule has 0 N–H and O–H groups in total. The van der Waals surface area contributed by atoms with E-state index in [4.69, 9.17) is 25.9 Å². The average Bonchev–Trinajstić information content (AvgIpc) is 3.93. The Morgan fingerprint density at radius 2 is 0.671 bits per heavy atom. The van der Waals surface area contributed by atoms with Crippen molar-refractivity contribution in [2.75, 3.05) is 0 Å². The first-order valence-electron chi connectivity index (χ1n) is 24.4. The molecule has 2 aliphatic rings. The third kappa shape index (κ3) is 8.88. The Labute approximate surface area is 433 Å². The number of hydrogen-bond acceptors (Lipinski definition) is 2. The van der Waals surface area contributed by atoms with Gasteiger partial charge in [-0.05, 0) is 0 Å². The molecular weight excluding hydrogens is 1020 g/mol. The van der Waals surface area contributed by atoms with Gasteiger partial charge in [0, 0.05) is 0 Å². The molecule has 0 saturated heterocycles. The summed E-state index contributed by atoms with van der Waals surface area (Å²) in [5.74, 6) is -0.0423. The van der Waals surface area contributed by atoms with Crippen molar-refractivity contribution < 1.29 is 27.4 Å². The zero-order valence-electron chi connectivity index (χ0n) is 40.7. The standard InChI is InChI=1S/C62H59O2Si3.2ClH.Zr/c1-61(2,3)66(51-25-11-7-12-26-51,52-27-13-8-14-28-52)63-57-43-47-23-19-21-33-55(47)59(57)45-35-39-49(40-36-45)65-50-41-37-46(38-42-50)60-56-34-22-20-24-48(56)44-58(60)64-67(62(4,5)6,53-29-15-9-16-30-53)54-31-17-10-18-32-54;;;/h7-44,59-60,65H,1-6H3;2*1H;/q;;;+2/p-2. The van der Waals surface area contributed by atoms with Gasteiger partial charge in [0.15, 0.2) is 0 Å². The molecule has 8 heteroatoms. The van der Waals surface area contributed by atoms with E-state index in [0.717, 1.165) is 11.5 Å². The second-order valence-electron chi connectivity index (χ2n) is 20.8. The fraction of sp³-hybridized carbons (Fsp3) is 0.161. The van der Waals surface area contributed by atoms with Crippen LogP contribution in [-0.2, 0) is 27.4 Å². The van der Waals surface area contributed by atoms with Crippen LogP contribution in [0.15, 0.2) is 230 Å². The molecule has 0 aromatic heterocycles. The van der Waals surface area contributed by atoms with E-state index in [1.807, 2.05) is 0 Å². The van der Waals surface area contributed by atoms with Gasteiger partial charge >= 0.3 is 413 Å². The van der Waals surface area contributed by atoms with E-state index in [1.54, 1.807) is 0 Å². The Balaban J connectivity index is 0.985. The Hall–Kier alpha value is -5.05. The maximum absolute atomic E-state index is 7.81. The second-order valence-corrected chi connectivity index (χ2v) is 50.8. The van der Waals surface area contributed by atoms with E-state index in [1.165, 1.54) is 64.5 Å². The molecule has 0 amide bonds. The summed E-state index contributed by atoms with van der Waals surface area (Å²) in [6, 6.07) is 79.8. The van der Waals surface area contributed by atoms with Gasteiger partial charge in [-0.2, -0.15) is 0 Å². The molecule has 0 heterocycles. The number of halogens is 2. The van der Waals surface area contributed by atoms with Gasteiger partial charge in [0.25, 0.3) is 0 Å². The summed E-state index contributed by atoms with van der Waals surface area (Å²) >= 11 is -2.85. The number of hydrogen-bond donors (Lipinski definition) is 0.